The van der Waals surface area contributed by atoms with Crippen LogP contribution in [-0.4, -0.2) is 17.1 Å². The van der Waals surface area contributed by atoms with E-state index in [-0.39, 0.29) is 11.7 Å². The van der Waals surface area contributed by atoms with Gasteiger partial charge in [0.05, 0.1) is 0 Å². The molecule has 0 heterocycles. The highest BCUT2D eigenvalue weighted by molar-refractivity contribution is 5.79. The summed E-state index contributed by atoms with van der Waals surface area (Å²) in [6.45, 7) is 0. The Hall–Kier alpha value is -1.59. The van der Waals surface area contributed by atoms with Crippen LogP contribution < -0.4 is 17.0 Å². The number of quaternary nitrogens is 1. The second-order valence-corrected chi connectivity index (χ2v) is 3.08. The normalized spacial score (nSPS) is 12.1. The fourth-order valence-corrected chi connectivity index (χ4v) is 1.13. The van der Waals surface area contributed by atoms with Gasteiger partial charge in [0, 0.05) is 6.42 Å². The van der Waals surface area contributed by atoms with Gasteiger partial charge in [0.2, 0.25) is 0 Å². The molecule has 5 heteroatoms. The number of nitrogens with two attached hydrogens (primary N) is 1. The van der Waals surface area contributed by atoms with Gasteiger partial charge in [-0.05, 0) is 17.7 Å². The zero-order valence-electron chi connectivity index (χ0n) is 7.73. The Morgan fingerprint density at radius 1 is 1.50 bits per heavy atom. The van der Waals surface area contributed by atoms with E-state index in [1.807, 2.05) is 5.43 Å². The first-order valence-electron chi connectivity index (χ1n) is 4.25. The lowest BCUT2D eigenvalue weighted by molar-refractivity contribution is -0.403. The maximum atomic E-state index is 11.0. The van der Waals surface area contributed by atoms with Crippen LogP contribution in [0.5, 0.6) is 5.75 Å². The summed E-state index contributed by atoms with van der Waals surface area (Å²) in [5.41, 5.74) is 6.65. The molecule has 1 aromatic carbocycles. The Bertz CT molecular complexity index is 310. The van der Waals surface area contributed by atoms with Gasteiger partial charge in [-0.3, -0.25) is 10.2 Å². The zero-order valence-corrected chi connectivity index (χ0v) is 7.73. The van der Waals surface area contributed by atoms with E-state index in [1.54, 1.807) is 24.3 Å². The summed E-state index contributed by atoms with van der Waals surface area (Å²) >= 11 is 0. The van der Waals surface area contributed by atoms with Crippen molar-refractivity contribution in [3.05, 3.63) is 29.8 Å². The lowest BCUT2D eigenvalue weighted by Crippen LogP contribution is -2.69. The highest BCUT2D eigenvalue weighted by Gasteiger charge is 2.15. The van der Waals surface area contributed by atoms with Crippen LogP contribution in [0.2, 0.25) is 0 Å². The van der Waals surface area contributed by atoms with Gasteiger partial charge in [0.25, 0.3) is 5.91 Å². The predicted molar refractivity (Wildman–Crippen MR) is 50.8 cm³/mol. The number of nitrogens with one attached hydrogen (secondary N) is 1. The van der Waals surface area contributed by atoms with Crippen LogP contribution in [-0.2, 0) is 11.2 Å². The van der Waals surface area contributed by atoms with Gasteiger partial charge in [-0.25, -0.2) is 5.84 Å². The standard InChI is InChI=1S/C9H13N3O2/c10-8(9(14)12-11)5-6-1-3-7(13)4-2-6/h1-4,8,13H,5,10-11H2,(H,12,14)/p+1/t8-/m1/s1. The number of benzene rings is 1. The molecular formula is C9H14N3O2+. The Morgan fingerprint density at radius 3 is 2.57 bits per heavy atom. The van der Waals surface area contributed by atoms with E-state index in [4.69, 9.17) is 10.9 Å². The van der Waals surface area contributed by atoms with Crippen LogP contribution in [0, 0.1) is 0 Å². The molecule has 5 nitrogen and oxygen atoms in total. The van der Waals surface area contributed by atoms with Crippen molar-refractivity contribution in [3.8, 4) is 5.75 Å². The van der Waals surface area contributed by atoms with Crippen LogP contribution >= 0.6 is 0 Å². The van der Waals surface area contributed by atoms with Crippen molar-refractivity contribution in [1.29, 1.82) is 0 Å². The SMILES string of the molecule is NNC(=O)[C@H]([NH3+])Cc1ccc(O)cc1. The van der Waals surface area contributed by atoms with Crippen LogP contribution in [0.3, 0.4) is 0 Å². The number of hydrazine groups is 1. The number of hydrogen-bond acceptors (Lipinski definition) is 3. The molecule has 1 amide bonds. The molecule has 0 aliphatic carbocycles. The van der Waals surface area contributed by atoms with Gasteiger partial charge < -0.3 is 10.8 Å². The average Bonchev–Trinajstić information content (AvgIpc) is 2.20. The largest absolute Gasteiger partial charge is 0.508 e. The molecule has 0 fully saturated rings. The Labute approximate surface area is 81.7 Å². The minimum atomic E-state index is -0.412. The Morgan fingerprint density at radius 2 is 2.07 bits per heavy atom. The van der Waals surface area contributed by atoms with Gasteiger partial charge in [-0.2, -0.15) is 0 Å². The number of phenolic OH excluding ortho intramolecular Hbond substituents is 1. The second kappa shape index (κ2) is 4.59. The zero-order chi connectivity index (χ0) is 10.6. The molecule has 1 aromatic rings. The molecular weight excluding hydrogens is 182 g/mol. The van der Waals surface area contributed by atoms with Crippen molar-refractivity contribution in [2.24, 2.45) is 5.84 Å². The van der Waals surface area contributed by atoms with Gasteiger partial charge >= 0.3 is 0 Å². The van der Waals surface area contributed by atoms with Crippen molar-refractivity contribution in [2.45, 2.75) is 12.5 Å². The van der Waals surface area contributed by atoms with E-state index in [2.05, 4.69) is 5.73 Å². The third-order valence-corrected chi connectivity index (χ3v) is 1.93. The van der Waals surface area contributed by atoms with Crippen molar-refractivity contribution < 1.29 is 15.6 Å². The molecule has 1 atom stereocenters. The summed E-state index contributed by atoms with van der Waals surface area (Å²) in [6.07, 6.45) is 0.503. The van der Waals surface area contributed by atoms with Crippen molar-refractivity contribution in [2.75, 3.05) is 0 Å². The lowest BCUT2D eigenvalue weighted by Gasteiger charge is -2.06. The Kier molecular flexibility index (Phi) is 3.44. The van der Waals surface area contributed by atoms with Crippen LogP contribution in [0.15, 0.2) is 24.3 Å². The molecule has 14 heavy (non-hydrogen) atoms. The molecule has 0 bridgehead atoms. The second-order valence-electron chi connectivity index (χ2n) is 3.08. The number of rotatable bonds is 3. The smallest absolute Gasteiger partial charge is 0.292 e. The predicted octanol–water partition coefficient (Wildman–Crippen LogP) is -1.46. The van der Waals surface area contributed by atoms with Crippen molar-refractivity contribution in [1.82, 2.24) is 5.43 Å². The van der Waals surface area contributed by atoms with E-state index in [9.17, 15) is 4.79 Å². The molecule has 0 saturated carbocycles. The van der Waals surface area contributed by atoms with Crippen molar-refractivity contribution >= 4 is 5.91 Å². The van der Waals surface area contributed by atoms with Crippen molar-refractivity contribution in [3.63, 3.8) is 0 Å². The van der Waals surface area contributed by atoms with E-state index in [0.29, 0.717) is 6.42 Å². The van der Waals surface area contributed by atoms with Gasteiger partial charge in [-0.15, -0.1) is 0 Å². The molecule has 0 aromatic heterocycles. The van der Waals surface area contributed by atoms with E-state index < -0.39 is 6.04 Å². The number of carbonyl (C=O) groups excluding carboxylic acids is 1. The molecule has 7 N–H and O–H groups in total. The minimum Gasteiger partial charge on any atom is -0.508 e. The number of carbonyl (C=O) groups is 1. The molecule has 0 radical (unpaired) electrons. The van der Waals surface area contributed by atoms with Crippen LogP contribution in [0.25, 0.3) is 0 Å². The van der Waals surface area contributed by atoms with E-state index in [0.717, 1.165) is 5.56 Å². The quantitative estimate of drug-likeness (QED) is 0.270. The minimum absolute atomic E-state index is 0.206. The number of aromatic hydroxyl groups is 1. The lowest BCUT2D eigenvalue weighted by atomic mass is 10.1. The maximum absolute atomic E-state index is 11.0. The van der Waals surface area contributed by atoms with E-state index in [1.165, 1.54) is 0 Å². The number of amides is 1. The number of hydrogen-bond donors (Lipinski definition) is 4. The molecule has 76 valence electrons. The summed E-state index contributed by atoms with van der Waals surface area (Å²) in [5.74, 6) is 4.88. The fraction of sp³-hybridized carbons (Fsp3) is 0.222. The fourth-order valence-electron chi connectivity index (χ4n) is 1.13. The first kappa shape index (κ1) is 10.5. The average molecular weight is 196 g/mol. The molecule has 0 aliphatic heterocycles. The molecule has 1 rings (SSSR count). The first-order chi connectivity index (χ1) is 6.63. The monoisotopic (exact) mass is 196 g/mol. The third kappa shape index (κ3) is 2.72. The summed E-state index contributed by atoms with van der Waals surface area (Å²) in [7, 11) is 0. The highest BCUT2D eigenvalue weighted by atomic mass is 16.3. The maximum Gasteiger partial charge on any atom is 0.292 e. The van der Waals surface area contributed by atoms with E-state index >= 15 is 0 Å². The van der Waals surface area contributed by atoms with Gasteiger partial charge in [0.15, 0.2) is 6.04 Å². The van der Waals surface area contributed by atoms with Gasteiger partial charge in [-0.1, -0.05) is 12.1 Å². The topological polar surface area (TPSA) is 103 Å². The summed E-state index contributed by atoms with van der Waals surface area (Å²) < 4.78 is 0. The summed E-state index contributed by atoms with van der Waals surface area (Å²) in [4.78, 5) is 11.0. The number of phenols is 1. The molecule has 0 spiro atoms. The summed E-state index contributed by atoms with van der Waals surface area (Å²) in [5, 5.41) is 9.03. The third-order valence-electron chi connectivity index (χ3n) is 1.93. The molecule has 0 aliphatic rings. The van der Waals surface area contributed by atoms with Crippen LogP contribution in [0.1, 0.15) is 5.56 Å². The molecule has 0 unspecified atom stereocenters. The first-order valence-corrected chi connectivity index (χ1v) is 4.25. The van der Waals surface area contributed by atoms with Crippen LogP contribution in [0.4, 0.5) is 0 Å². The highest BCUT2D eigenvalue weighted by Crippen LogP contribution is 2.10. The summed E-state index contributed by atoms with van der Waals surface area (Å²) in [6, 6.07) is 6.23. The Balaban J connectivity index is 2.60. The van der Waals surface area contributed by atoms with Gasteiger partial charge in [0.1, 0.15) is 5.75 Å². The molecule has 0 saturated heterocycles.